The van der Waals surface area contributed by atoms with Gasteiger partial charge in [0.25, 0.3) is 5.91 Å². The van der Waals surface area contributed by atoms with Crippen LogP contribution < -0.4 is 14.8 Å². The van der Waals surface area contributed by atoms with Crippen LogP contribution in [0.5, 0.6) is 11.5 Å². The third-order valence-electron chi connectivity index (χ3n) is 4.75. The first-order valence-electron chi connectivity index (χ1n) is 9.98. The Bertz CT molecular complexity index is 1140. The van der Waals surface area contributed by atoms with Crippen LogP contribution in [0, 0.1) is 0 Å². The first kappa shape index (κ1) is 23.7. The van der Waals surface area contributed by atoms with Crippen LogP contribution in [0.2, 0.25) is 0 Å². The smallest absolute Gasteiger partial charge is 0.255 e. The van der Waals surface area contributed by atoms with E-state index in [0.717, 1.165) is 5.69 Å². The van der Waals surface area contributed by atoms with Crippen molar-refractivity contribution in [2.24, 2.45) is 0 Å². The van der Waals surface area contributed by atoms with Crippen molar-refractivity contribution >= 4 is 33.0 Å². The lowest BCUT2D eigenvalue weighted by atomic mass is 10.2. The van der Waals surface area contributed by atoms with E-state index in [1.807, 2.05) is 5.38 Å². The number of anilines is 1. The zero-order valence-electron chi connectivity index (χ0n) is 18.1. The number of amides is 1. The molecule has 0 aliphatic rings. The predicted octanol–water partition coefficient (Wildman–Crippen LogP) is 4.01. The van der Waals surface area contributed by atoms with E-state index in [1.54, 1.807) is 43.6 Å². The molecule has 8 nitrogen and oxygen atoms in total. The van der Waals surface area contributed by atoms with Crippen LogP contribution in [0.4, 0.5) is 5.69 Å². The number of hydrogen-bond donors (Lipinski definition) is 1. The van der Waals surface area contributed by atoms with Gasteiger partial charge in [-0.25, -0.2) is 13.4 Å². The fourth-order valence-electron chi connectivity index (χ4n) is 3.02. The summed E-state index contributed by atoms with van der Waals surface area (Å²) in [6.07, 6.45) is 0. The molecule has 2 aromatic carbocycles. The lowest BCUT2D eigenvalue weighted by Gasteiger charge is -2.19. The quantitative estimate of drug-likeness (QED) is 0.476. The molecule has 1 heterocycles. The summed E-state index contributed by atoms with van der Waals surface area (Å²) in [5.41, 5.74) is 3.24. The molecule has 1 amide bonds. The van der Waals surface area contributed by atoms with Crippen molar-refractivity contribution in [3.8, 4) is 11.5 Å². The summed E-state index contributed by atoms with van der Waals surface area (Å²) in [7, 11) is -2.22. The fourth-order valence-corrected chi connectivity index (χ4v) is 5.05. The predicted molar refractivity (Wildman–Crippen MR) is 124 cm³/mol. The van der Waals surface area contributed by atoms with E-state index < -0.39 is 15.9 Å². The van der Waals surface area contributed by atoms with E-state index in [2.05, 4.69) is 10.3 Å². The van der Waals surface area contributed by atoms with Gasteiger partial charge in [-0.2, -0.15) is 4.31 Å². The highest BCUT2D eigenvalue weighted by Gasteiger charge is 2.23. The average Bonchev–Trinajstić information content (AvgIpc) is 3.32. The minimum atomic E-state index is -3.67. The van der Waals surface area contributed by atoms with Gasteiger partial charge in [0.2, 0.25) is 10.0 Å². The van der Waals surface area contributed by atoms with E-state index in [-0.39, 0.29) is 10.6 Å². The number of carbonyl (C=O) groups is 1. The molecule has 0 saturated carbocycles. The van der Waals surface area contributed by atoms with Crippen LogP contribution in [-0.4, -0.2) is 43.8 Å². The van der Waals surface area contributed by atoms with Gasteiger partial charge in [0.1, 0.15) is 18.1 Å². The first-order chi connectivity index (χ1) is 15.4. The summed E-state index contributed by atoms with van der Waals surface area (Å²) in [5.74, 6) is 0.575. The number of benzene rings is 2. The highest BCUT2D eigenvalue weighted by Crippen LogP contribution is 2.29. The summed E-state index contributed by atoms with van der Waals surface area (Å²) in [6.45, 7) is 4.60. The molecule has 0 unspecified atom stereocenters. The number of hydrogen-bond acceptors (Lipinski definition) is 7. The van der Waals surface area contributed by atoms with Gasteiger partial charge in [0, 0.05) is 24.0 Å². The molecule has 0 aliphatic heterocycles. The molecule has 0 fully saturated rings. The molecule has 3 rings (SSSR count). The molecule has 0 spiro atoms. The summed E-state index contributed by atoms with van der Waals surface area (Å²) < 4.78 is 38.0. The summed E-state index contributed by atoms with van der Waals surface area (Å²) in [5, 5.41) is 4.65. The Morgan fingerprint density at radius 2 is 1.84 bits per heavy atom. The Hall–Kier alpha value is -2.95. The van der Waals surface area contributed by atoms with Gasteiger partial charge in [-0.15, -0.1) is 11.3 Å². The molecule has 0 atom stereocenters. The van der Waals surface area contributed by atoms with Crippen LogP contribution in [0.3, 0.4) is 0 Å². The van der Waals surface area contributed by atoms with Crippen molar-refractivity contribution in [2.75, 3.05) is 25.5 Å². The minimum absolute atomic E-state index is 0.0862. The van der Waals surface area contributed by atoms with Crippen LogP contribution in [0.25, 0.3) is 0 Å². The van der Waals surface area contributed by atoms with Crippen LogP contribution >= 0.6 is 11.3 Å². The lowest BCUT2D eigenvalue weighted by molar-refractivity contribution is 0.102. The summed E-state index contributed by atoms with van der Waals surface area (Å²) in [6, 6.07) is 11.1. The molecular formula is C22H25N3O5S2. The van der Waals surface area contributed by atoms with E-state index in [1.165, 1.54) is 41.0 Å². The van der Waals surface area contributed by atoms with Crippen molar-refractivity contribution in [2.45, 2.75) is 25.3 Å². The maximum absolute atomic E-state index is 12.8. The van der Waals surface area contributed by atoms with E-state index in [0.29, 0.717) is 36.8 Å². The largest absolute Gasteiger partial charge is 0.495 e. The standard InChI is InChI=1S/C22H25N3O5S2/c1-4-25(5-2)32(27,28)19-10-11-21(29-3)20(12-19)24-22(26)16-6-8-18(9-7-16)30-13-17-14-31-15-23-17/h6-12,14-15H,4-5,13H2,1-3H3,(H,24,26). The van der Waals surface area contributed by atoms with E-state index in [9.17, 15) is 13.2 Å². The summed E-state index contributed by atoms with van der Waals surface area (Å²) in [4.78, 5) is 17.0. The maximum atomic E-state index is 12.8. The highest BCUT2D eigenvalue weighted by atomic mass is 32.2. The minimum Gasteiger partial charge on any atom is -0.495 e. The van der Waals surface area contributed by atoms with E-state index in [4.69, 9.17) is 9.47 Å². The number of thiazole rings is 1. The maximum Gasteiger partial charge on any atom is 0.255 e. The Morgan fingerprint density at radius 3 is 2.44 bits per heavy atom. The second-order valence-electron chi connectivity index (χ2n) is 6.70. The first-order valence-corrected chi connectivity index (χ1v) is 12.4. The molecule has 1 aromatic heterocycles. The van der Waals surface area contributed by atoms with Gasteiger partial charge in [-0.1, -0.05) is 13.8 Å². The monoisotopic (exact) mass is 475 g/mol. The summed E-state index contributed by atoms with van der Waals surface area (Å²) >= 11 is 1.50. The SMILES string of the molecule is CCN(CC)S(=O)(=O)c1ccc(OC)c(NC(=O)c2ccc(OCc3cscn3)cc2)c1. The molecule has 1 N–H and O–H groups in total. The van der Waals surface area contributed by atoms with Gasteiger partial charge in [0.15, 0.2) is 0 Å². The molecule has 0 saturated heterocycles. The van der Waals surface area contributed by atoms with Gasteiger partial charge in [-0.05, 0) is 42.5 Å². The number of rotatable bonds is 10. The van der Waals surface area contributed by atoms with Crippen molar-refractivity contribution in [3.63, 3.8) is 0 Å². The van der Waals surface area contributed by atoms with Crippen LogP contribution in [0.15, 0.2) is 58.3 Å². The fraction of sp³-hybridized carbons (Fsp3) is 0.273. The van der Waals surface area contributed by atoms with Crippen molar-refractivity contribution in [3.05, 3.63) is 64.6 Å². The van der Waals surface area contributed by atoms with Gasteiger partial charge < -0.3 is 14.8 Å². The average molecular weight is 476 g/mol. The number of sulfonamides is 1. The van der Waals surface area contributed by atoms with Gasteiger partial charge >= 0.3 is 0 Å². The molecule has 0 radical (unpaired) electrons. The number of nitrogens with one attached hydrogen (secondary N) is 1. The Kier molecular flexibility index (Phi) is 7.84. The zero-order valence-corrected chi connectivity index (χ0v) is 19.7. The highest BCUT2D eigenvalue weighted by molar-refractivity contribution is 7.89. The number of aromatic nitrogens is 1. The molecule has 0 bridgehead atoms. The normalized spacial score (nSPS) is 11.4. The Labute approximate surface area is 191 Å². The number of nitrogens with zero attached hydrogens (tertiary/aromatic N) is 2. The number of carbonyl (C=O) groups excluding carboxylic acids is 1. The molecular weight excluding hydrogens is 450 g/mol. The van der Waals surface area contributed by atoms with E-state index >= 15 is 0 Å². The second kappa shape index (κ2) is 10.6. The second-order valence-corrected chi connectivity index (χ2v) is 9.35. The van der Waals surface area contributed by atoms with Crippen molar-refractivity contribution < 1.29 is 22.7 Å². The molecule has 32 heavy (non-hydrogen) atoms. The molecule has 10 heteroatoms. The third kappa shape index (κ3) is 5.45. The number of ether oxygens (including phenoxy) is 2. The molecule has 170 valence electrons. The number of methoxy groups -OCH3 is 1. The van der Waals surface area contributed by atoms with Gasteiger partial charge in [-0.3, -0.25) is 4.79 Å². The van der Waals surface area contributed by atoms with Crippen LogP contribution in [-0.2, 0) is 16.6 Å². The molecule has 3 aromatic rings. The molecule has 0 aliphatic carbocycles. The topological polar surface area (TPSA) is 97.8 Å². The van der Waals surface area contributed by atoms with Crippen LogP contribution in [0.1, 0.15) is 29.9 Å². The Morgan fingerprint density at radius 1 is 1.12 bits per heavy atom. The zero-order chi connectivity index (χ0) is 23.1. The lowest BCUT2D eigenvalue weighted by Crippen LogP contribution is -2.30. The van der Waals surface area contributed by atoms with Crippen molar-refractivity contribution in [1.82, 2.24) is 9.29 Å². The van der Waals surface area contributed by atoms with Crippen molar-refractivity contribution in [1.29, 1.82) is 0 Å². The van der Waals surface area contributed by atoms with Gasteiger partial charge in [0.05, 0.1) is 28.9 Å². The third-order valence-corrected chi connectivity index (χ3v) is 7.43. The Balaban J connectivity index is 1.76.